The summed E-state index contributed by atoms with van der Waals surface area (Å²) in [6.07, 6.45) is 3.44. The van der Waals surface area contributed by atoms with E-state index in [4.69, 9.17) is 0 Å². The molecule has 0 amide bonds. The number of rotatable bonds is 5. The molecule has 82 valence electrons. The second kappa shape index (κ2) is 5.69. The first-order chi connectivity index (χ1) is 7.11. The SMILES string of the molecule is CCCCC(=O)Cc1cc(C)cc(C)c1. The maximum absolute atomic E-state index is 11.6. The first kappa shape index (κ1) is 12.0. The molecule has 0 aromatic heterocycles. The maximum atomic E-state index is 11.6. The average molecular weight is 204 g/mol. The summed E-state index contributed by atoms with van der Waals surface area (Å²) in [5.74, 6) is 0.363. The van der Waals surface area contributed by atoms with E-state index in [1.165, 1.54) is 11.1 Å². The van der Waals surface area contributed by atoms with Crippen LogP contribution < -0.4 is 0 Å². The van der Waals surface area contributed by atoms with Crippen molar-refractivity contribution in [2.45, 2.75) is 46.5 Å². The Morgan fingerprint density at radius 2 is 1.73 bits per heavy atom. The number of hydrogen-bond donors (Lipinski definition) is 0. The lowest BCUT2D eigenvalue weighted by atomic mass is 10.0. The summed E-state index contributed by atoms with van der Waals surface area (Å²) in [6.45, 7) is 6.27. The first-order valence-corrected chi connectivity index (χ1v) is 5.70. The summed E-state index contributed by atoms with van der Waals surface area (Å²) in [5.41, 5.74) is 3.65. The van der Waals surface area contributed by atoms with E-state index >= 15 is 0 Å². The molecule has 0 heterocycles. The van der Waals surface area contributed by atoms with Crippen LogP contribution >= 0.6 is 0 Å². The van der Waals surface area contributed by atoms with Gasteiger partial charge in [0, 0.05) is 12.8 Å². The number of aryl methyl sites for hydroxylation is 2. The standard InChI is InChI=1S/C14H20O/c1-4-5-6-14(15)10-13-8-11(2)7-12(3)9-13/h7-9H,4-6,10H2,1-3H3. The van der Waals surface area contributed by atoms with Crippen molar-refractivity contribution in [3.05, 3.63) is 34.9 Å². The minimum atomic E-state index is 0.363. The molecule has 1 aromatic rings. The Kier molecular flexibility index (Phi) is 4.54. The van der Waals surface area contributed by atoms with E-state index < -0.39 is 0 Å². The molecule has 15 heavy (non-hydrogen) atoms. The number of unbranched alkanes of at least 4 members (excludes halogenated alkanes) is 1. The normalized spacial score (nSPS) is 10.3. The van der Waals surface area contributed by atoms with Crippen molar-refractivity contribution in [1.29, 1.82) is 0 Å². The van der Waals surface area contributed by atoms with Crippen molar-refractivity contribution in [3.63, 3.8) is 0 Å². The molecular weight excluding hydrogens is 184 g/mol. The van der Waals surface area contributed by atoms with E-state index in [1.54, 1.807) is 0 Å². The van der Waals surface area contributed by atoms with E-state index in [0.29, 0.717) is 12.2 Å². The van der Waals surface area contributed by atoms with Gasteiger partial charge in [-0.05, 0) is 25.8 Å². The summed E-state index contributed by atoms with van der Waals surface area (Å²) in [6, 6.07) is 6.35. The summed E-state index contributed by atoms with van der Waals surface area (Å²) < 4.78 is 0. The van der Waals surface area contributed by atoms with E-state index in [-0.39, 0.29) is 0 Å². The molecule has 0 aliphatic heterocycles. The summed E-state index contributed by atoms with van der Waals surface area (Å²) in [5, 5.41) is 0. The van der Waals surface area contributed by atoms with Crippen LogP contribution in [-0.2, 0) is 11.2 Å². The highest BCUT2D eigenvalue weighted by atomic mass is 16.1. The topological polar surface area (TPSA) is 17.1 Å². The Bertz CT molecular complexity index is 319. The van der Waals surface area contributed by atoms with Gasteiger partial charge in [0.15, 0.2) is 0 Å². The molecule has 0 radical (unpaired) electrons. The van der Waals surface area contributed by atoms with Crippen LogP contribution in [0.2, 0.25) is 0 Å². The summed E-state index contributed by atoms with van der Waals surface area (Å²) >= 11 is 0. The molecule has 1 heteroatoms. The maximum Gasteiger partial charge on any atom is 0.137 e. The van der Waals surface area contributed by atoms with Gasteiger partial charge in [-0.15, -0.1) is 0 Å². The average Bonchev–Trinajstić information content (AvgIpc) is 2.13. The molecule has 1 rings (SSSR count). The predicted octanol–water partition coefficient (Wildman–Crippen LogP) is 3.61. The van der Waals surface area contributed by atoms with Crippen molar-refractivity contribution in [2.75, 3.05) is 0 Å². The Morgan fingerprint density at radius 1 is 1.13 bits per heavy atom. The molecule has 0 unspecified atom stereocenters. The van der Waals surface area contributed by atoms with Crippen LogP contribution in [0.3, 0.4) is 0 Å². The highest BCUT2D eigenvalue weighted by Crippen LogP contribution is 2.11. The molecule has 0 saturated carbocycles. The van der Waals surface area contributed by atoms with Gasteiger partial charge >= 0.3 is 0 Å². The van der Waals surface area contributed by atoms with E-state index in [9.17, 15) is 4.79 Å². The van der Waals surface area contributed by atoms with Gasteiger partial charge in [0.1, 0.15) is 5.78 Å². The monoisotopic (exact) mass is 204 g/mol. The Morgan fingerprint density at radius 3 is 2.27 bits per heavy atom. The van der Waals surface area contributed by atoms with Crippen LogP contribution in [-0.4, -0.2) is 5.78 Å². The third-order valence-corrected chi connectivity index (χ3v) is 2.49. The van der Waals surface area contributed by atoms with Gasteiger partial charge in [-0.3, -0.25) is 4.79 Å². The van der Waals surface area contributed by atoms with E-state index in [1.807, 2.05) is 0 Å². The Labute approximate surface area is 92.5 Å². The fourth-order valence-corrected chi connectivity index (χ4v) is 1.86. The first-order valence-electron chi connectivity index (χ1n) is 5.70. The van der Waals surface area contributed by atoms with Crippen LogP contribution in [0, 0.1) is 13.8 Å². The molecule has 0 fully saturated rings. The van der Waals surface area contributed by atoms with Crippen LogP contribution in [0.4, 0.5) is 0 Å². The van der Waals surface area contributed by atoms with Crippen molar-refractivity contribution in [1.82, 2.24) is 0 Å². The fraction of sp³-hybridized carbons (Fsp3) is 0.500. The second-order valence-electron chi connectivity index (χ2n) is 4.31. The summed E-state index contributed by atoms with van der Waals surface area (Å²) in [4.78, 5) is 11.6. The van der Waals surface area contributed by atoms with Crippen molar-refractivity contribution in [3.8, 4) is 0 Å². The third kappa shape index (κ3) is 4.28. The molecule has 0 bridgehead atoms. The molecule has 1 aromatic carbocycles. The van der Waals surface area contributed by atoms with Gasteiger partial charge in [-0.1, -0.05) is 42.7 Å². The number of Topliss-reactive ketones (excluding diaryl/α,β-unsaturated/α-hetero) is 1. The van der Waals surface area contributed by atoms with Gasteiger partial charge < -0.3 is 0 Å². The second-order valence-corrected chi connectivity index (χ2v) is 4.31. The zero-order chi connectivity index (χ0) is 11.3. The van der Waals surface area contributed by atoms with Crippen LogP contribution in [0.5, 0.6) is 0 Å². The van der Waals surface area contributed by atoms with Gasteiger partial charge in [0.05, 0.1) is 0 Å². The zero-order valence-corrected chi connectivity index (χ0v) is 9.97. The summed E-state index contributed by atoms with van der Waals surface area (Å²) in [7, 11) is 0. The zero-order valence-electron chi connectivity index (χ0n) is 9.97. The quantitative estimate of drug-likeness (QED) is 0.716. The van der Waals surface area contributed by atoms with Crippen LogP contribution in [0.15, 0.2) is 18.2 Å². The molecule has 0 atom stereocenters. The number of ketones is 1. The van der Waals surface area contributed by atoms with E-state index in [0.717, 1.165) is 24.8 Å². The Balaban J connectivity index is 2.60. The van der Waals surface area contributed by atoms with Gasteiger partial charge in [0.2, 0.25) is 0 Å². The predicted molar refractivity (Wildman–Crippen MR) is 64.2 cm³/mol. The molecule has 0 aliphatic carbocycles. The largest absolute Gasteiger partial charge is 0.299 e. The highest BCUT2D eigenvalue weighted by Gasteiger charge is 2.03. The number of carbonyl (C=O) groups excluding carboxylic acids is 1. The molecule has 0 N–H and O–H groups in total. The minimum absolute atomic E-state index is 0.363. The molecule has 0 aliphatic rings. The van der Waals surface area contributed by atoms with Gasteiger partial charge in [-0.2, -0.15) is 0 Å². The number of hydrogen-bond acceptors (Lipinski definition) is 1. The van der Waals surface area contributed by atoms with E-state index in [2.05, 4.69) is 39.0 Å². The van der Waals surface area contributed by atoms with Crippen LogP contribution in [0.1, 0.15) is 42.9 Å². The highest BCUT2D eigenvalue weighted by molar-refractivity contribution is 5.80. The third-order valence-electron chi connectivity index (χ3n) is 2.49. The molecule has 0 saturated heterocycles. The Hall–Kier alpha value is -1.11. The minimum Gasteiger partial charge on any atom is -0.299 e. The van der Waals surface area contributed by atoms with Crippen molar-refractivity contribution in [2.24, 2.45) is 0 Å². The smallest absolute Gasteiger partial charge is 0.137 e. The van der Waals surface area contributed by atoms with Crippen molar-refractivity contribution >= 4 is 5.78 Å². The van der Waals surface area contributed by atoms with Crippen molar-refractivity contribution < 1.29 is 4.79 Å². The lowest BCUT2D eigenvalue weighted by Crippen LogP contribution is -2.02. The molecule has 1 nitrogen and oxygen atoms in total. The lowest BCUT2D eigenvalue weighted by molar-refractivity contribution is -0.118. The van der Waals surface area contributed by atoms with Gasteiger partial charge in [0.25, 0.3) is 0 Å². The molecule has 0 spiro atoms. The van der Waals surface area contributed by atoms with Crippen LogP contribution in [0.25, 0.3) is 0 Å². The fourth-order valence-electron chi connectivity index (χ4n) is 1.86. The lowest BCUT2D eigenvalue weighted by Gasteiger charge is -2.04. The number of benzene rings is 1. The van der Waals surface area contributed by atoms with Gasteiger partial charge in [-0.25, -0.2) is 0 Å². The molecular formula is C14H20O. The number of carbonyl (C=O) groups is 1.